The highest BCUT2D eigenvalue weighted by molar-refractivity contribution is 7.10. The Morgan fingerprint density at radius 2 is 1.94 bits per heavy atom. The maximum atomic E-state index is 13.9. The zero-order valence-electron chi connectivity index (χ0n) is 21.5. The van der Waals surface area contributed by atoms with Crippen LogP contribution in [0.15, 0.2) is 29.6 Å². The third kappa shape index (κ3) is 5.80. The molecule has 3 atom stereocenters. The predicted molar refractivity (Wildman–Crippen MR) is 140 cm³/mol. The van der Waals surface area contributed by atoms with Gasteiger partial charge in [0.1, 0.15) is 22.5 Å². The fourth-order valence-electron chi connectivity index (χ4n) is 5.25. The molecule has 1 aromatic heterocycles. The second kappa shape index (κ2) is 12.0. The molecule has 0 spiro atoms. The first kappa shape index (κ1) is 26.3. The first-order valence-electron chi connectivity index (χ1n) is 13.2. The summed E-state index contributed by atoms with van der Waals surface area (Å²) in [6, 6.07) is 6.39. The van der Waals surface area contributed by atoms with Crippen LogP contribution in [-0.2, 0) is 9.59 Å². The number of ketones is 1. The minimum atomic E-state index is -0.495. The van der Waals surface area contributed by atoms with Crippen LogP contribution in [0.2, 0.25) is 0 Å². The first-order valence-corrected chi connectivity index (χ1v) is 14.1. The fraction of sp³-hybridized carbons (Fsp3) is 0.571. The summed E-state index contributed by atoms with van der Waals surface area (Å²) in [4.78, 5) is 46.4. The fourth-order valence-corrected chi connectivity index (χ4v) is 6.20. The molecule has 4 rings (SSSR count). The van der Waals surface area contributed by atoms with Gasteiger partial charge in [0.25, 0.3) is 0 Å². The van der Waals surface area contributed by atoms with Crippen molar-refractivity contribution in [2.75, 3.05) is 13.7 Å². The minimum absolute atomic E-state index is 0.00285. The van der Waals surface area contributed by atoms with E-state index in [0.717, 1.165) is 50.0 Å². The Labute approximate surface area is 217 Å². The van der Waals surface area contributed by atoms with Gasteiger partial charge in [-0.2, -0.15) is 0 Å². The number of hydrogen-bond donors (Lipinski definition) is 1. The number of rotatable bonds is 9. The van der Waals surface area contributed by atoms with E-state index in [0.29, 0.717) is 23.6 Å². The van der Waals surface area contributed by atoms with Gasteiger partial charge in [-0.25, -0.2) is 4.98 Å². The van der Waals surface area contributed by atoms with Crippen LogP contribution in [0.25, 0.3) is 0 Å². The predicted octanol–water partition coefficient (Wildman–Crippen LogP) is 5.16. The molecule has 0 bridgehead atoms. The summed E-state index contributed by atoms with van der Waals surface area (Å²) < 4.78 is 5.25. The Hall–Kier alpha value is -2.74. The van der Waals surface area contributed by atoms with Crippen molar-refractivity contribution in [2.45, 2.75) is 77.3 Å². The highest BCUT2D eigenvalue weighted by atomic mass is 32.1. The van der Waals surface area contributed by atoms with Crippen LogP contribution >= 0.6 is 11.3 Å². The molecule has 1 aliphatic carbocycles. The zero-order valence-corrected chi connectivity index (χ0v) is 22.3. The van der Waals surface area contributed by atoms with E-state index in [2.05, 4.69) is 10.3 Å². The summed E-state index contributed by atoms with van der Waals surface area (Å²) in [6.45, 7) is 4.54. The molecule has 1 N–H and O–H groups in total. The lowest BCUT2D eigenvalue weighted by molar-refractivity contribution is -0.140. The Bertz CT molecular complexity index is 1080. The first-order chi connectivity index (χ1) is 17.4. The average molecular weight is 512 g/mol. The number of carbonyl (C=O) groups is 3. The number of thiazole rings is 1. The second-order valence-corrected chi connectivity index (χ2v) is 10.9. The van der Waals surface area contributed by atoms with Gasteiger partial charge in [0.2, 0.25) is 17.6 Å². The molecule has 1 aliphatic heterocycles. The Morgan fingerprint density at radius 3 is 2.67 bits per heavy atom. The minimum Gasteiger partial charge on any atom is -0.497 e. The van der Waals surface area contributed by atoms with E-state index in [4.69, 9.17) is 4.74 Å². The molecular formula is C28H37N3O4S. The van der Waals surface area contributed by atoms with E-state index in [9.17, 15) is 14.4 Å². The van der Waals surface area contributed by atoms with Gasteiger partial charge in [0.15, 0.2) is 0 Å². The van der Waals surface area contributed by atoms with Crippen molar-refractivity contribution in [1.82, 2.24) is 15.2 Å². The van der Waals surface area contributed by atoms with Crippen molar-refractivity contribution in [3.05, 3.63) is 45.9 Å². The number of likely N-dealkylation sites (tertiary alicyclic amines) is 1. The zero-order chi connectivity index (χ0) is 25.7. The van der Waals surface area contributed by atoms with Crippen molar-refractivity contribution in [3.8, 4) is 5.75 Å². The molecule has 194 valence electrons. The van der Waals surface area contributed by atoms with Crippen LogP contribution in [-0.4, -0.2) is 47.2 Å². The van der Waals surface area contributed by atoms with Crippen LogP contribution in [0.4, 0.5) is 0 Å². The number of amides is 2. The largest absolute Gasteiger partial charge is 0.497 e. The number of methoxy groups -OCH3 is 1. The highest BCUT2D eigenvalue weighted by Gasteiger charge is 2.40. The van der Waals surface area contributed by atoms with Crippen LogP contribution in [0, 0.1) is 11.8 Å². The van der Waals surface area contributed by atoms with Gasteiger partial charge < -0.3 is 15.0 Å². The van der Waals surface area contributed by atoms with Gasteiger partial charge in [-0.15, -0.1) is 11.3 Å². The standard InChI is InChI=1S/C28H37N3O4S/c1-4-18(2)26(33)30-24(19-10-6-5-7-11-19)28(34)31-15-9-14-23(31)27-29-22(17-36-27)25(32)20-12-8-13-21(16-20)35-3/h8,12-13,16-19,23-24H,4-7,9-11,14-15H2,1-3H3,(H,30,33)/t18-,23+,24+/m1/s1. The summed E-state index contributed by atoms with van der Waals surface area (Å²) in [6.07, 6.45) is 7.74. The Kier molecular flexibility index (Phi) is 8.77. The molecule has 2 aliphatic rings. The molecule has 0 radical (unpaired) electrons. The van der Waals surface area contributed by atoms with E-state index in [1.807, 2.05) is 18.7 Å². The number of nitrogens with one attached hydrogen (secondary N) is 1. The van der Waals surface area contributed by atoms with Crippen molar-refractivity contribution >= 4 is 28.9 Å². The van der Waals surface area contributed by atoms with E-state index >= 15 is 0 Å². The molecule has 2 amide bonds. The maximum absolute atomic E-state index is 13.9. The van der Waals surface area contributed by atoms with Crippen LogP contribution < -0.4 is 10.1 Å². The molecule has 8 heteroatoms. The lowest BCUT2D eigenvalue weighted by Crippen LogP contribution is -2.53. The molecular weight excluding hydrogens is 474 g/mol. The molecule has 2 heterocycles. The van der Waals surface area contributed by atoms with Crippen LogP contribution in [0.1, 0.15) is 92.3 Å². The second-order valence-electron chi connectivity index (χ2n) is 10.0. The molecule has 7 nitrogen and oxygen atoms in total. The van der Waals surface area contributed by atoms with E-state index in [-0.39, 0.29) is 35.5 Å². The normalized spacial score (nSPS) is 20.1. The monoisotopic (exact) mass is 511 g/mol. The summed E-state index contributed by atoms with van der Waals surface area (Å²) in [7, 11) is 1.57. The van der Waals surface area contributed by atoms with Crippen LogP contribution in [0.5, 0.6) is 5.75 Å². The summed E-state index contributed by atoms with van der Waals surface area (Å²) in [5.74, 6) is 0.462. The molecule has 2 fully saturated rings. The van der Waals surface area contributed by atoms with Gasteiger partial charge in [-0.1, -0.05) is 45.2 Å². The third-order valence-corrected chi connectivity index (χ3v) is 8.60. The molecule has 2 aromatic rings. The van der Waals surface area contributed by atoms with Crippen molar-refractivity contribution < 1.29 is 19.1 Å². The van der Waals surface area contributed by atoms with E-state index in [1.165, 1.54) is 17.8 Å². The van der Waals surface area contributed by atoms with E-state index in [1.54, 1.807) is 36.8 Å². The SMILES string of the molecule is CC[C@@H](C)C(=O)N[C@H](C(=O)N1CCC[C@H]1c1nc(C(=O)c2cccc(OC)c2)cs1)C1CCCCC1. The summed E-state index contributed by atoms with van der Waals surface area (Å²) in [5, 5.41) is 5.69. The number of aromatic nitrogens is 1. The Morgan fingerprint density at radius 1 is 1.17 bits per heavy atom. The van der Waals surface area contributed by atoms with Gasteiger partial charge in [0, 0.05) is 23.4 Å². The molecule has 1 saturated heterocycles. The van der Waals surface area contributed by atoms with Gasteiger partial charge >= 0.3 is 0 Å². The molecule has 1 saturated carbocycles. The molecule has 1 aromatic carbocycles. The van der Waals surface area contributed by atoms with Crippen LogP contribution in [0.3, 0.4) is 0 Å². The van der Waals surface area contributed by atoms with E-state index < -0.39 is 6.04 Å². The van der Waals surface area contributed by atoms with Gasteiger partial charge in [0.05, 0.1) is 13.2 Å². The molecule has 0 unspecified atom stereocenters. The number of carbonyl (C=O) groups excluding carboxylic acids is 3. The summed E-state index contributed by atoms with van der Waals surface area (Å²) in [5.41, 5.74) is 0.909. The molecule has 36 heavy (non-hydrogen) atoms. The number of benzene rings is 1. The lowest BCUT2D eigenvalue weighted by atomic mass is 9.83. The quantitative estimate of drug-likeness (QED) is 0.470. The summed E-state index contributed by atoms with van der Waals surface area (Å²) >= 11 is 1.43. The van der Waals surface area contributed by atoms with Crippen molar-refractivity contribution in [2.24, 2.45) is 11.8 Å². The maximum Gasteiger partial charge on any atom is 0.246 e. The number of nitrogens with zero attached hydrogens (tertiary/aromatic N) is 2. The number of ether oxygens (including phenoxy) is 1. The van der Waals surface area contributed by atoms with Gasteiger partial charge in [-0.05, 0) is 50.2 Å². The average Bonchev–Trinajstić information content (AvgIpc) is 3.61. The smallest absolute Gasteiger partial charge is 0.246 e. The van der Waals surface area contributed by atoms with Crippen molar-refractivity contribution in [3.63, 3.8) is 0 Å². The van der Waals surface area contributed by atoms with Crippen molar-refractivity contribution in [1.29, 1.82) is 0 Å². The Balaban J connectivity index is 1.53. The third-order valence-electron chi connectivity index (χ3n) is 7.65. The van der Waals surface area contributed by atoms with Gasteiger partial charge in [-0.3, -0.25) is 14.4 Å². The number of hydrogen-bond acceptors (Lipinski definition) is 6. The highest BCUT2D eigenvalue weighted by Crippen LogP contribution is 2.36. The topological polar surface area (TPSA) is 88.6 Å². The lowest BCUT2D eigenvalue weighted by Gasteiger charge is -2.35.